The number of rotatable bonds is 4. The first-order chi connectivity index (χ1) is 14.1. The number of nitrogens with zero attached hydrogens (tertiary/aromatic N) is 2. The summed E-state index contributed by atoms with van der Waals surface area (Å²) in [6.45, 7) is 1.84. The molecule has 0 bridgehead atoms. The van der Waals surface area contributed by atoms with E-state index in [1.165, 1.54) is 10.4 Å². The minimum absolute atomic E-state index is 0.0443. The molecule has 0 radical (unpaired) electrons. The first kappa shape index (κ1) is 22.9. The van der Waals surface area contributed by atoms with Gasteiger partial charge in [0.2, 0.25) is 15.9 Å². The topological polar surface area (TPSA) is 69.7 Å². The smallest absolute Gasteiger partial charge is 0.370 e. The Balaban J connectivity index is 1.85. The van der Waals surface area contributed by atoms with Gasteiger partial charge in [0.25, 0.3) is 0 Å². The highest BCUT2D eigenvalue weighted by Crippen LogP contribution is 2.36. The van der Waals surface area contributed by atoms with Gasteiger partial charge in [-0.2, -0.15) is 13.2 Å². The monoisotopic (exact) mass is 447 g/mol. The second-order valence-electron chi connectivity index (χ2n) is 8.08. The Labute approximate surface area is 175 Å². The molecule has 10 heteroatoms. The fourth-order valence-electron chi connectivity index (χ4n) is 4.09. The minimum atomic E-state index is -4.52. The van der Waals surface area contributed by atoms with E-state index in [1.807, 2.05) is 4.90 Å². The SMILES string of the molecule is CS(=O)(=O)N1CCCC(C(=O)Nc2cc(C(F)(F)F)ccc2N2CCCCCC2)C1. The zero-order chi connectivity index (χ0) is 21.9. The maximum atomic E-state index is 13.3. The fourth-order valence-corrected chi connectivity index (χ4v) is 5.00. The van der Waals surface area contributed by atoms with Crippen LogP contribution < -0.4 is 10.2 Å². The number of benzene rings is 1. The van der Waals surface area contributed by atoms with Crippen LogP contribution in [0.2, 0.25) is 0 Å². The summed E-state index contributed by atoms with van der Waals surface area (Å²) >= 11 is 0. The van der Waals surface area contributed by atoms with Crippen molar-refractivity contribution in [3.05, 3.63) is 23.8 Å². The average Bonchev–Trinajstić information content (AvgIpc) is 2.96. The van der Waals surface area contributed by atoms with E-state index in [0.717, 1.165) is 57.2 Å². The van der Waals surface area contributed by atoms with Gasteiger partial charge in [0.15, 0.2) is 0 Å². The van der Waals surface area contributed by atoms with E-state index in [1.54, 1.807) is 0 Å². The van der Waals surface area contributed by atoms with E-state index in [9.17, 15) is 26.4 Å². The molecular formula is C20H28F3N3O3S. The van der Waals surface area contributed by atoms with Crippen molar-refractivity contribution >= 4 is 27.3 Å². The van der Waals surface area contributed by atoms with Gasteiger partial charge in [-0.15, -0.1) is 0 Å². The highest BCUT2D eigenvalue weighted by atomic mass is 32.2. The Morgan fingerprint density at radius 3 is 2.33 bits per heavy atom. The minimum Gasteiger partial charge on any atom is -0.370 e. The number of nitrogens with one attached hydrogen (secondary N) is 1. The van der Waals surface area contributed by atoms with Gasteiger partial charge in [-0.3, -0.25) is 4.79 Å². The van der Waals surface area contributed by atoms with Crippen LogP contribution in [0.4, 0.5) is 24.5 Å². The molecule has 1 aromatic rings. The molecule has 0 spiro atoms. The molecule has 2 fully saturated rings. The number of hydrogen-bond acceptors (Lipinski definition) is 4. The van der Waals surface area contributed by atoms with E-state index in [0.29, 0.717) is 25.1 Å². The number of amides is 1. The van der Waals surface area contributed by atoms with Gasteiger partial charge < -0.3 is 10.2 Å². The number of carbonyl (C=O) groups excluding carboxylic acids is 1. The summed E-state index contributed by atoms with van der Waals surface area (Å²) in [4.78, 5) is 14.9. The number of carbonyl (C=O) groups is 1. The number of piperidine rings is 1. The Bertz CT molecular complexity index is 866. The van der Waals surface area contributed by atoms with Crippen molar-refractivity contribution in [2.45, 2.75) is 44.7 Å². The molecule has 3 rings (SSSR count). The van der Waals surface area contributed by atoms with Crippen LogP contribution in [-0.2, 0) is 21.0 Å². The van der Waals surface area contributed by atoms with Gasteiger partial charge in [0.1, 0.15) is 0 Å². The van der Waals surface area contributed by atoms with Crippen LogP contribution in [-0.4, -0.2) is 51.1 Å². The van der Waals surface area contributed by atoms with Crippen molar-refractivity contribution in [2.24, 2.45) is 5.92 Å². The summed E-state index contributed by atoms with van der Waals surface area (Å²) in [6, 6.07) is 3.45. The number of anilines is 2. The molecule has 1 atom stereocenters. The highest BCUT2D eigenvalue weighted by molar-refractivity contribution is 7.88. The van der Waals surface area contributed by atoms with Crippen LogP contribution in [0, 0.1) is 5.92 Å². The fraction of sp³-hybridized carbons (Fsp3) is 0.650. The van der Waals surface area contributed by atoms with Gasteiger partial charge in [-0.1, -0.05) is 12.8 Å². The predicted molar refractivity (Wildman–Crippen MR) is 110 cm³/mol. The first-order valence-electron chi connectivity index (χ1n) is 10.3. The molecular weight excluding hydrogens is 419 g/mol. The van der Waals surface area contributed by atoms with Crippen molar-refractivity contribution in [3.63, 3.8) is 0 Å². The van der Waals surface area contributed by atoms with E-state index in [4.69, 9.17) is 0 Å². The van der Waals surface area contributed by atoms with Crippen LogP contribution >= 0.6 is 0 Å². The summed E-state index contributed by atoms with van der Waals surface area (Å²) in [5.41, 5.74) is -0.111. The molecule has 2 aliphatic rings. The average molecular weight is 448 g/mol. The van der Waals surface area contributed by atoms with Gasteiger partial charge in [-0.05, 0) is 43.9 Å². The third-order valence-corrected chi connectivity index (χ3v) is 7.02. The maximum Gasteiger partial charge on any atom is 0.416 e. The predicted octanol–water partition coefficient (Wildman–Crippen LogP) is 3.70. The molecule has 2 saturated heterocycles. The molecule has 1 unspecified atom stereocenters. The number of alkyl halides is 3. The molecule has 30 heavy (non-hydrogen) atoms. The van der Waals surface area contributed by atoms with Crippen LogP contribution in [0.25, 0.3) is 0 Å². The van der Waals surface area contributed by atoms with Crippen molar-refractivity contribution in [3.8, 4) is 0 Å². The lowest BCUT2D eigenvalue weighted by atomic mass is 9.98. The molecule has 168 valence electrons. The molecule has 2 aliphatic heterocycles. The van der Waals surface area contributed by atoms with E-state index in [2.05, 4.69) is 5.32 Å². The summed E-state index contributed by atoms with van der Waals surface area (Å²) in [7, 11) is -3.42. The van der Waals surface area contributed by atoms with Gasteiger partial charge in [-0.25, -0.2) is 12.7 Å². The molecule has 1 N–H and O–H groups in total. The summed E-state index contributed by atoms with van der Waals surface area (Å²) in [6.07, 6.45) is 1.64. The molecule has 2 heterocycles. The van der Waals surface area contributed by atoms with Crippen LogP contribution in [0.3, 0.4) is 0 Å². The normalized spacial score (nSPS) is 21.9. The molecule has 0 saturated carbocycles. The first-order valence-corrected chi connectivity index (χ1v) is 12.1. The summed E-state index contributed by atoms with van der Waals surface area (Å²) in [5, 5.41) is 2.68. The highest BCUT2D eigenvalue weighted by Gasteiger charge is 2.33. The second-order valence-corrected chi connectivity index (χ2v) is 10.1. The van der Waals surface area contributed by atoms with E-state index in [-0.39, 0.29) is 12.2 Å². The van der Waals surface area contributed by atoms with Crippen LogP contribution in [0.5, 0.6) is 0 Å². The lowest BCUT2D eigenvalue weighted by Crippen LogP contribution is -2.43. The Kier molecular flexibility index (Phi) is 6.96. The number of hydrogen-bond donors (Lipinski definition) is 1. The largest absolute Gasteiger partial charge is 0.416 e. The van der Waals surface area contributed by atoms with Crippen molar-refractivity contribution in [1.29, 1.82) is 0 Å². The Morgan fingerprint density at radius 2 is 1.73 bits per heavy atom. The quantitative estimate of drug-likeness (QED) is 0.764. The van der Waals surface area contributed by atoms with Gasteiger partial charge >= 0.3 is 6.18 Å². The second kappa shape index (κ2) is 9.13. The third kappa shape index (κ3) is 5.66. The van der Waals surface area contributed by atoms with Gasteiger partial charge in [0, 0.05) is 26.2 Å². The van der Waals surface area contributed by atoms with Crippen molar-refractivity contribution in [1.82, 2.24) is 4.31 Å². The lowest BCUT2D eigenvalue weighted by Gasteiger charge is -2.31. The number of halogens is 3. The molecule has 1 amide bonds. The standard InChI is InChI=1S/C20H28F3N3O3S/c1-30(28,29)26-12-6-7-15(14-26)19(27)24-17-13-16(20(21,22)23)8-9-18(17)25-10-4-2-3-5-11-25/h8-9,13,15H,2-7,10-12,14H2,1H3,(H,24,27). The zero-order valence-corrected chi connectivity index (χ0v) is 17.9. The zero-order valence-electron chi connectivity index (χ0n) is 17.0. The third-order valence-electron chi connectivity index (χ3n) is 5.75. The van der Waals surface area contributed by atoms with Crippen LogP contribution in [0.15, 0.2) is 18.2 Å². The summed E-state index contributed by atoms with van der Waals surface area (Å²) < 4.78 is 64.7. The molecule has 6 nitrogen and oxygen atoms in total. The van der Waals surface area contributed by atoms with Crippen LogP contribution in [0.1, 0.15) is 44.1 Å². The Morgan fingerprint density at radius 1 is 1.07 bits per heavy atom. The molecule has 0 aromatic heterocycles. The molecule has 0 aliphatic carbocycles. The lowest BCUT2D eigenvalue weighted by molar-refractivity contribution is -0.137. The van der Waals surface area contributed by atoms with E-state index < -0.39 is 33.6 Å². The Hall–Kier alpha value is -1.81. The summed E-state index contributed by atoms with van der Waals surface area (Å²) in [5.74, 6) is -1.04. The van der Waals surface area contributed by atoms with Crippen molar-refractivity contribution in [2.75, 3.05) is 42.7 Å². The van der Waals surface area contributed by atoms with Gasteiger partial charge in [0.05, 0.1) is 29.1 Å². The molecule has 1 aromatic carbocycles. The number of sulfonamides is 1. The maximum absolute atomic E-state index is 13.3. The van der Waals surface area contributed by atoms with Crippen molar-refractivity contribution < 1.29 is 26.4 Å². The van der Waals surface area contributed by atoms with E-state index >= 15 is 0 Å².